The molecule has 2 aromatic rings. The fourth-order valence-corrected chi connectivity index (χ4v) is 4.73. The first-order valence-electron chi connectivity index (χ1n) is 10.7. The van der Waals surface area contributed by atoms with E-state index in [0.29, 0.717) is 6.42 Å². The number of nitrogens with one attached hydrogen (secondary N) is 1. The van der Waals surface area contributed by atoms with E-state index in [1.54, 1.807) is 0 Å². The maximum absolute atomic E-state index is 12.8. The van der Waals surface area contributed by atoms with E-state index < -0.39 is 0 Å². The number of aryl methyl sites for hydroxylation is 3. The van der Waals surface area contributed by atoms with E-state index in [4.69, 9.17) is 4.74 Å². The molecule has 1 spiro atoms. The smallest absolute Gasteiger partial charge is 0.220 e. The number of carbonyl (C=O) groups is 1. The fraction of sp³-hybridized carbons (Fsp3) is 0.480. The van der Waals surface area contributed by atoms with Gasteiger partial charge in [-0.3, -0.25) is 4.79 Å². The van der Waals surface area contributed by atoms with Crippen molar-refractivity contribution in [2.45, 2.75) is 76.9 Å². The minimum Gasteiger partial charge on any atom is -0.487 e. The van der Waals surface area contributed by atoms with E-state index in [-0.39, 0.29) is 17.6 Å². The molecule has 3 heteroatoms. The molecule has 0 bridgehead atoms. The third kappa shape index (κ3) is 4.09. The van der Waals surface area contributed by atoms with Crippen LogP contribution in [0.5, 0.6) is 5.75 Å². The van der Waals surface area contributed by atoms with Crippen LogP contribution >= 0.6 is 0 Å². The lowest BCUT2D eigenvalue weighted by Crippen LogP contribution is -2.46. The highest BCUT2D eigenvalue weighted by atomic mass is 16.5. The van der Waals surface area contributed by atoms with Crippen LogP contribution < -0.4 is 10.1 Å². The van der Waals surface area contributed by atoms with Crippen molar-refractivity contribution >= 4 is 5.91 Å². The zero-order valence-electron chi connectivity index (χ0n) is 17.1. The molecule has 0 radical (unpaired) electrons. The van der Waals surface area contributed by atoms with Gasteiger partial charge >= 0.3 is 0 Å². The third-order valence-electron chi connectivity index (χ3n) is 6.51. The summed E-state index contributed by atoms with van der Waals surface area (Å²) in [6, 6.07) is 14.7. The molecule has 3 nitrogen and oxygen atoms in total. The zero-order chi connectivity index (χ0) is 19.6. The Morgan fingerprint density at radius 2 is 1.86 bits per heavy atom. The van der Waals surface area contributed by atoms with Crippen LogP contribution in [0.15, 0.2) is 42.5 Å². The first-order chi connectivity index (χ1) is 13.5. The SMILES string of the molecule is Cc1ccc(CCC(=O)N[C@H]2CC3(CCCCC3)Oc3ccccc32)cc1C. The molecule has 0 aromatic heterocycles. The van der Waals surface area contributed by atoms with Crippen LogP contribution in [-0.4, -0.2) is 11.5 Å². The van der Waals surface area contributed by atoms with Crippen molar-refractivity contribution in [2.75, 3.05) is 0 Å². The molecule has 1 saturated carbocycles. The van der Waals surface area contributed by atoms with Gasteiger partial charge in [0.05, 0.1) is 6.04 Å². The average Bonchev–Trinajstić information content (AvgIpc) is 2.69. The van der Waals surface area contributed by atoms with E-state index in [9.17, 15) is 4.79 Å². The van der Waals surface area contributed by atoms with Gasteiger partial charge < -0.3 is 10.1 Å². The molecule has 28 heavy (non-hydrogen) atoms. The Bertz CT molecular complexity index is 851. The lowest BCUT2D eigenvalue weighted by Gasteiger charge is -2.44. The summed E-state index contributed by atoms with van der Waals surface area (Å²) in [6.45, 7) is 4.25. The Hall–Kier alpha value is -2.29. The van der Waals surface area contributed by atoms with Gasteiger partial charge in [0.2, 0.25) is 5.91 Å². The molecule has 148 valence electrons. The molecule has 1 N–H and O–H groups in total. The average molecular weight is 378 g/mol. The van der Waals surface area contributed by atoms with Gasteiger partial charge in [-0.2, -0.15) is 0 Å². The summed E-state index contributed by atoms with van der Waals surface area (Å²) in [5.41, 5.74) is 4.84. The Morgan fingerprint density at radius 3 is 2.64 bits per heavy atom. The van der Waals surface area contributed by atoms with Crippen LogP contribution in [0.2, 0.25) is 0 Å². The van der Waals surface area contributed by atoms with Crippen molar-refractivity contribution in [3.8, 4) is 5.75 Å². The Balaban J connectivity index is 1.44. The van der Waals surface area contributed by atoms with E-state index in [1.165, 1.54) is 36.0 Å². The summed E-state index contributed by atoms with van der Waals surface area (Å²) in [7, 11) is 0. The minimum atomic E-state index is -0.0986. The molecule has 4 rings (SSSR count). The molecule has 0 unspecified atom stereocenters. The van der Waals surface area contributed by atoms with Crippen molar-refractivity contribution in [2.24, 2.45) is 0 Å². The molecule has 1 aliphatic carbocycles. The quantitative estimate of drug-likeness (QED) is 0.755. The number of hydrogen-bond donors (Lipinski definition) is 1. The maximum Gasteiger partial charge on any atom is 0.220 e. The standard InChI is InChI=1S/C25H31NO2/c1-18-10-11-20(16-19(18)2)12-13-24(27)26-22-17-25(14-6-3-7-15-25)28-23-9-5-4-8-21(22)23/h4-5,8-11,16,22H,3,6-7,12-15,17H2,1-2H3,(H,26,27)/t22-/m0/s1. The summed E-state index contributed by atoms with van der Waals surface area (Å²) in [4.78, 5) is 12.8. The normalized spacial score (nSPS) is 20.3. The Labute approximate surface area is 168 Å². The summed E-state index contributed by atoms with van der Waals surface area (Å²) in [5.74, 6) is 1.08. The van der Waals surface area contributed by atoms with Crippen molar-refractivity contribution in [3.63, 3.8) is 0 Å². The first-order valence-corrected chi connectivity index (χ1v) is 10.7. The third-order valence-corrected chi connectivity index (χ3v) is 6.51. The second-order valence-corrected chi connectivity index (χ2v) is 8.63. The molecule has 1 fully saturated rings. The van der Waals surface area contributed by atoms with Crippen molar-refractivity contribution in [3.05, 3.63) is 64.7 Å². The van der Waals surface area contributed by atoms with Crippen molar-refractivity contribution in [1.29, 1.82) is 0 Å². The van der Waals surface area contributed by atoms with Crippen LogP contribution in [0.4, 0.5) is 0 Å². The number of amides is 1. The van der Waals surface area contributed by atoms with Gasteiger partial charge in [0.1, 0.15) is 11.4 Å². The van der Waals surface area contributed by atoms with Gasteiger partial charge in [0.15, 0.2) is 0 Å². The van der Waals surface area contributed by atoms with Crippen molar-refractivity contribution in [1.82, 2.24) is 5.32 Å². The van der Waals surface area contributed by atoms with E-state index in [2.05, 4.69) is 49.5 Å². The number of rotatable bonds is 4. The molecule has 1 atom stereocenters. The van der Waals surface area contributed by atoms with Crippen LogP contribution in [0.3, 0.4) is 0 Å². The summed E-state index contributed by atoms with van der Waals surface area (Å²) in [5, 5.41) is 3.32. The number of para-hydroxylation sites is 1. The highest BCUT2D eigenvalue weighted by molar-refractivity contribution is 5.77. The number of fused-ring (bicyclic) bond motifs is 1. The van der Waals surface area contributed by atoms with Crippen molar-refractivity contribution < 1.29 is 9.53 Å². The number of benzene rings is 2. The number of ether oxygens (including phenoxy) is 1. The molecule has 2 aliphatic rings. The predicted molar refractivity (Wildman–Crippen MR) is 113 cm³/mol. The largest absolute Gasteiger partial charge is 0.487 e. The fourth-order valence-electron chi connectivity index (χ4n) is 4.73. The lowest BCUT2D eigenvalue weighted by molar-refractivity contribution is -0.122. The van der Waals surface area contributed by atoms with Gasteiger partial charge in [-0.15, -0.1) is 0 Å². The minimum absolute atomic E-state index is 0.0512. The van der Waals surface area contributed by atoms with E-state index in [0.717, 1.165) is 37.0 Å². The van der Waals surface area contributed by atoms with Gasteiger partial charge in [0.25, 0.3) is 0 Å². The lowest BCUT2D eigenvalue weighted by atomic mass is 9.77. The molecule has 2 aromatic carbocycles. The highest BCUT2D eigenvalue weighted by Crippen LogP contribution is 2.46. The number of carbonyl (C=O) groups excluding carboxylic acids is 1. The summed E-state index contributed by atoms with van der Waals surface area (Å²) >= 11 is 0. The Morgan fingerprint density at radius 1 is 1.07 bits per heavy atom. The second kappa shape index (κ2) is 7.98. The van der Waals surface area contributed by atoms with E-state index >= 15 is 0 Å². The van der Waals surface area contributed by atoms with Gasteiger partial charge in [-0.05, 0) is 68.7 Å². The topological polar surface area (TPSA) is 38.3 Å². The summed E-state index contributed by atoms with van der Waals surface area (Å²) in [6.07, 6.45) is 8.11. The van der Waals surface area contributed by atoms with E-state index in [1.807, 2.05) is 12.1 Å². The van der Waals surface area contributed by atoms with Crippen LogP contribution in [0.1, 0.15) is 73.2 Å². The summed E-state index contributed by atoms with van der Waals surface area (Å²) < 4.78 is 6.47. The van der Waals surface area contributed by atoms with Gasteiger partial charge in [-0.25, -0.2) is 0 Å². The predicted octanol–water partition coefficient (Wildman–Crippen LogP) is 5.58. The molecule has 1 aliphatic heterocycles. The molecule has 0 saturated heterocycles. The molecular weight excluding hydrogens is 346 g/mol. The van der Waals surface area contributed by atoms with Crippen LogP contribution in [0, 0.1) is 13.8 Å². The first kappa shape index (κ1) is 19.0. The van der Waals surface area contributed by atoms with Crippen LogP contribution in [-0.2, 0) is 11.2 Å². The monoisotopic (exact) mass is 377 g/mol. The molecule has 1 amide bonds. The number of hydrogen-bond acceptors (Lipinski definition) is 2. The maximum atomic E-state index is 12.8. The van der Waals surface area contributed by atoms with Crippen LogP contribution in [0.25, 0.3) is 0 Å². The van der Waals surface area contributed by atoms with Gasteiger partial charge in [0, 0.05) is 18.4 Å². The Kier molecular flexibility index (Phi) is 5.43. The second-order valence-electron chi connectivity index (χ2n) is 8.63. The molecular formula is C25H31NO2. The van der Waals surface area contributed by atoms with Gasteiger partial charge in [-0.1, -0.05) is 42.8 Å². The zero-order valence-corrected chi connectivity index (χ0v) is 17.1. The highest BCUT2D eigenvalue weighted by Gasteiger charge is 2.42. The molecule has 1 heterocycles.